The van der Waals surface area contributed by atoms with E-state index in [0.29, 0.717) is 10.1 Å². The zero-order chi connectivity index (χ0) is 12.4. The van der Waals surface area contributed by atoms with Crippen molar-refractivity contribution in [3.05, 3.63) is 29.6 Å². The lowest BCUT2D eigenvalue weighted by molar-refractivity contribution is 0.127. The molecule has 1 aliphatic rings. The highest BCUT2D eigenvalue weighted by Gasteiger charge is 2.26. The third kappa shape index (κ3) is 3.00. The van der Waals surface area contributed by atoms with Gasteiger partial charge in [-0.15, -0.1) is 11.8 Å². The summed E-state index contributed by atoms with van der Waals surface area (Å²) in [4.78, 5) is 0.691. The van der Waals surface area contributed by atoms with E-state index in [-0.39, 0.29) is 18.0 Å². The fourth-order valence-corrected chi connectivity index (χ4v) is 3.05. The Morgan fingerprint density at radius 3 is 2.82 bits per heavy atom. The molecule has 3 atom stereocenters. The molecule has 0 spiro atoms. The van der Waals surface area contributed by atoms with Crippen LogP contribution in [0.1, 0.15) is 31.9 Å². The quantitative estimate of drug-likeness (QED) is 0.901. The summed E-state index contributed by atoms with van der Waals surface area (Å²) in [5, 5.41) is 0.352. The Morgan fingerprint density at radius 2 is 2.29 bits per heavy atom. The van der Waals surface area contributed by atoms with E-state index < -0.39 is 0 Å². The van der Waals surface area contributed by atoms with Crippen molar-refractivity contribution < 1.29 is 9.13 Å². The fraction of sp³-hybridized carbons (Fsp3) is 0.538. The molecule has 2 unspecified atom stereocenters. The Bertz CT molecular complexity index is 397. The maximum absolute atomic E-state index is 13.9. The zero-order valence-electron chi connectivity index (χ0n) is 10.2. The number of thioether (sulfide) groups is 1. The summed E-state index contributed by atoms with van der Waals surface area (Å²) in [5.74, 6) is -0.177. The van der Waals surface area contributed by atoms with Gasteiger partial charge < -0.3 is 10.5 Å². The molecule has 0 amide bonds. The van der Waals surface area contributed by atoms with Crippen molar-refractivity contribution >= 4 is 11.8 Å². The van der Waals surface area contributed by atoms with Crippen LogP contribution in [-0.4, -0.2) is 18.0 Å². The monoisotopic (exact) mass is 255 g/mol. The Kier molecular flexibility index (Phi) is 4.07. The number of rotatable bonds is 3. The van der Waals surface area contributed by atoms with E-state index in [1.807, 2.05) is 26.0 Å². The predicted molar refractivity (Wildman–Crippen MR) is 68.7 cm³/mol. The lowest BCUT2D eigenvalue weighted by Gasteiger charge is -2.15. The molecule has 0 aliphatic carbocycles. The number of nitrogens with two attached hydrogens (primary N) is 1. The molecule has 1 fully saturated rings. The van der Waals surface area contributed by atoms with E-state index in [0.717, 1.165) is 18.6 Å². The molecule has 1 aromatic carbocycles. The van der Waals surface area contributed by atoms with Crippen molar-refractivity contribution in [3.8, 4) is 0 Å². The second kappa shape index (κ2) is 5.38. The van der Waals surface area contributed by atoms with Crippen LogP contribution in [0.15, 0.2) is 23.1 Å². The first-order valence-electron chi connectivity index (χ1n) is 5.91. The van der Waals surface area contributed by atoms with Gasteiger partial charge in [-0.25, -0.2) is 4.39 Å². The van der Waals surface area contributed by atoms with E-state index in [1.54, 1.807) is 11.8 Å². The van der Waals surface area contributed by atoms with Gasteiger partial charge in [0.15, 0.2) is 0 Å². The second-order valence-corrected chi connectivity index (χ2v) is 5.78. The summed E-state index contributed by atoms with van der Waals surface area (Å²) in [7, 11) is 0. The highest BCUT2D eigenvalue weighted by Crippen LogP contribution is 2.34. The van der Waals surface area contributed by atoms with Crippen molar-refractivity contribution in [3.63, 3.8) is 0 Å². The van der Waals surface area contributed by atoms with Crippen molar-refractivity contribution in [1.29, 1.82) is 0 Å². The molecule has 1 heterocycles. The lowest BCUT2D eigenvalue weighted by atomic mass is 10.1. The third-order valence-electron chi connectivity index (χ3n) is 3.07. The molecular weight excluding hydrogens is 237 g/mol. The van der Waals surface area contributed by atoms with Gasteiger partial charge in [-0.3, -0.25) is 0 Å². The minimum Gasteiger partial charge on any atom is -0.377 e. The molecule has 0 bridgehead atoms. The molecular formula is C13H18FNOS. The average molecular weight is 255 g/mol. The summed E-state index contributed by atoms with van der Waals surface area (Å²) in [5.41, 5.74) is 6.56. The van der Waals surface area contributed by atoms with Gasteiger partial charge in [0.1, 0.15) is 5.82 Å². The smallest absolute Gasteiger partial charge is 0.137 e. The van der Waals surface area contributed by atoms with E-state index in [9.17, 15) is 4.39 Å². The summed E-state index contributed by atoms with van der Waals surface area (Å²) in [6.07, 6.45) is 1.19. The van der Waals surface area contributed by atoms with Gasteiger partial charge in [0.05, 0.1) is 6.10 Å². The number of halogens is 1. The summed E-state index contributed by atoms with van der Waals surface area (Å²) in [6, 6.07) is 5.13. The van der Waals surface area contributed by atoms with Crippen LogP contribution < -0.4 is 5.73 Å². The standard InChI is InChI=1S/C13H18FNOS/c1-8(15)10-3-4-13(11(14)7-10)17-12-5-6-16-9(12)2/h3-4,7-9,12H,5-6,15H2,1-2H3/t8-,9?,12?/m0/s1. The molecule has 94 valence electrons. The molecule has 17 heavy (non-hydrogen) atoms. The third-order valence-corrected chi connectivity index (χ3v) is 4.57. The summed E-state index contributed by atoms with van der Waals surface area (Å²) in [6.45, 7) is 4.67. The Labute approximate surface area is 106 Å². The van der Waals surface area contributed by atoms with Gasteiger partial charge in [0.2, 0.25) is 0 Å². The van der Waals surface area contributed by atoms with Gasteiger partial charge in [-0.1, -0.05) is 6.07 Å². The molecule has 0 radical (unpaired) electrons. The topological polar surface area (TPSA) is 35.2 Å². The van der Waals surface area contributed by atoms with Crippen LogP contribution >= 0.6 is 11.8 Å². The normalized spacial score (nSPS) is 26.1. The Balaban J connectivity index is 2.11. The first-order valence-corrected chi connectivity index (χ1v) is 6.79. The summed E-state index contributed by atoms with van der Waals surface area (Å²) < 4.78 is 19.3. The minimum absolute atomic E-state index is 0.128. The SMILES string of the molecule is CC1OCCC1Sc1ccc([C@H](C)N)cc1F. The summed E-state index contributed by atoms with van der Waals surface area (Å²) >= 11 is 1.57. The van der Waals surface area contributed by atoms with Gasteiger partial charge in [-0.2, -0.15) is 0 Å². The van der Waals surface area contributed by atoms with Crippen LogP contribution in [0.25, 0.3) is 0 Å². The van der Waals surface area contributed by atoms with Crippen molar-refractivity contribution in [1.82, 2.24) is 0 Å². The molecule has 1 saturated heterocycles. The van der Waals surface area contributed by atoms with Gasteiger partial charge in [0, 0.05) is 22.8 Å². The van der Waals surface area contributed by atoms with Gasteiger partial charge >= 0.3 is 0 Å². The van der Waals surface area contributed by atoms with Crippen LogP contribution in [0.4, 0.5) is 4.39 Å². The Hall–Kier alpha value is -0.580. The average Bonchev–Trinajstić information content (AvgIpc) is 2.67. The number of hydrogen-bond acceptors (Lipinski definition) is 3. The number of hydrogen-bond donors (Lipinski definition) is 1. The highest BCUT2D eigenvalue weighted by atomic mass is 32.2. The maximum atomic E-state index is 13.9. The minimum atomic E-state index is -0.177. The van der Waals surface area contributed by atoms with Gasteiger partial charge in [-0.05, 0) is 38.0 Å². The first kappa shape index (κ1) is 12.9. The van der Waals surface area contributed by atoms with Gasteiger partial charge in [0.25, 0.3) is 0 Å². The molecule has 2 nitrogen and oxygen atoms in total. The first-order chi connectivity index (χ1) is 8.08. The van der Waals surface area contributed by atoms with Crippen LogP contribution in [0, 0.1) is 5.82 Å². The van der Waals surface area contributed by atoms with E-state index >= 15 is 0 Å². The highest BCUT2D eigenvalue weighted by molar-refractivity contribution is 8.00. The van der Waals surface area contributed by atoms with Crippen molar-refractivity contribution in [2.45, 2.75) is 42.6 Å². The number of benzene rings is 1. The van der Waals surface area contributed by atoms with Crippen LogP contribution in [0.2, 0.25) is 0 Å². The zero-order valence-corrected chi connectivity index (χ0v) is 11.0. The van der Waals surface area contributed by atoms with Crippen LogP contribution in [-0.2, 0) is 4.74 Å². The number of ether oxygens (including phenoxy) is 1. The maximum Gasteiger partial charge on any atom is 0.137 e. The second-order valence-electron chi connectivity index (χ2n) is 4.50. The van der Waals surface area contributed by atoms with E-state index in [4.69, 9.17) is 10.5 Å². The molecule has 2 rings (SSSR count). The van der Waals surface area contributed by atoms with Crippen LogP contribution in [0.3, 0.4) is 0 Å². The van der Waals surface area contributed by atoms with Crippen LogP contribution in [0.5, 0.6) is 0 Å². The molecule has 2 N–H and O–H groups in total. The van der Waals surface area contributed by atoms with Crippen molar-refractivity contribution in [2.75, 3.05) is 6.61 Å². The molecule has 4 heteroatoms. The fourth-order valence-electron chi connectivity index (χ4n) is 1.93. The Morgan fingerprint density at radius 1 is 1.53 bits per heavy atom. The molecule has 0 saturated carbocycles. The molecule has 1 aromatic rings. The lowest BCUT2D eigenvalue weighted by Crippen LogP contribution is -2.13. The van der Waals surface area contributed by atoms with E-state index in [1.165, 1.54) is 6.07 Å². The molecule has 0 aromatic heterocycles. The molecule has 1 aliphatic heterocycles. The largest absolute Gasteiger partial charge is 0.377 e. The van der Waals surface area contributed by atoms with E-state index in [2.05, 4.69) is 0 Å². The predicted octanol–water partition coefficient (Wildman–Crippen LogP) is 3.11. The van der Waals surface area contributed by atoms with Crippen molar-refractivity contribution in [2.24, 2.45) is 5.73 Å².